The van der Waals surface area contributed by atoms with Crippen molar-refractivity contribution in [1.82, 2.24) is 5.32 Å². The molecule has 2 rings (SSSR count). The van der Waals surface area contributed by atoms with Gasteiger partial charge in [-0.15, -0.1) is 0 Å². The van der Waals surface area contributed by atoms with Crippen molar-refractivity contribution in [3.8, 4) is 0 Å². The zero-order valence-electron chi connectivity index (χ0n) is 9.16. The van der Waals surface area contributed by atoms with Crippen LogP contribution in [0.25, 0.3) is 0 Å². The van der Waals surface area contributed by atoms with Crippen molar-refractivity contribution in [3.63, 3.8) is 0 Å². The second kappa shape index (κ2) is 4.69. The molecule has 1 N–H and O–H groups in total. The Morgan fingerprint density at radius 1 is 1.35 bits per heavy atom. The van der Waals surface area contributed by atoms with Gasteiger partial charge in [0.25, 0.3) is 5.92 Å². The van der Waals surface area contributed by atoms with Crippen LogP contribution < -0.4 is 5.32 Å². The van der Waals surface area contributed by atoms with Crippen LogP contribution in [0.5, 0.6) is 0 Å². The molecule has 1 aliphatic carbocycles. The minimum Gasteiger partial charge on any atom is -0.445 e. The Hall–Kier alpha value is -1.65. The van der Waals surface area contributed by atoms with E-state index in [9.17, 15) is 13.6 Å². The van der Waals surface area contributed by atoms with Crippen molar-refractivity contribution in [2.75, 3.05) is 0 Å². The van der Waals surface area contributed by atoms with Gasteiger partial charge in [0.15, 0.2) is 0 Å². The summed E-state index contributed by atoms with van der Waals surface area (Å²) in [5.41, 5.74) is 0.863. The molecule has 0 unspecified atom stereocenters. The van der Waals surface area contributed by atoms with Gasteiger partial charge in [0, 0.05) is 18.9 Å². The highest BCUT2D eigenvalue weighted by atomic mass is 19.3. The molecule has 1 fully saturated rings. The molecule has 0 aromatic heterocycles. The van der Waals surface area contributed by atoms with E-state index in [1.165, 1.54) is 0 Å². The number of ether oxygens (including phenoxy) is 1. The number of carbonyl (C=O) groups is 1. The molecule has 92 valence electrons. The van der Waals surface area contributed by atoms with Crippen LogP contribution in [0.1, 0.15) is 18.4 Å². The highest BCUT2D eigenvalue weighted by molar-refractivity contribution is 5.67. The fourth-order valence-corrected chi connectivity index (χ4v) is 1.69. The van der Waals surface area contributed by atoms with Gasteiger partial charge in [-0.2, -0.15) is 0 Å². The first-order chi connectivity index (χ1) is 8.05. The van der Waals surface area contributed by atoms with Crippen molar-refractivity contribution in [2.24, 2.45) is 0 Å². The molecule has 0 spiro atoms. The van der Waals surface area contributed by atoms with Crippen LogP contribution in [0.4, 0.5) is 13.6 Å². The average molecular weight is 241 g/mol. The van der Waals surface area contributed by atoms with Crippen molar-refractivity contribution in [1.29, 1.82) is 0 Å². The molecule has 17 heavy (non-hydrogen) atoms. The van der Waals surface area contributed by atoms with Gasteiger partial charge in [-0.25, -0.2) is 13.6 Å². The maximum Gasteiger partial charge on any atom is 0.407 e. The minimum atomic E-state index is -2.63. The molecule has 1 aromatic rings. The number of amides is 1. The van der Waals surface area contributed by atoms with Crippen molar-refractivity contribution >= 4 is 6.09 Å². The summed E-state index contributed by atoms with van der Waals surface area (Å²) >= 11 is 0. The van der Waals surface area contributed by atoms with Gasteiger partial charge >= 0.3 is 6.09 Å². The summed E-state index contributed by atoms with van der Waals surface area (Å²) in [7, 11) is 0. The van der Waals surface area contributed by atoms with Gasteiger partial charge in [-0.1, -0.05) is 30.3 Å². The monoisotopic (exact) mass is 241 g/mol. The van der Waals surface area contributed by atoms with Gasteiger partial charge in [-0.05, 0) is 5.56 Å². The summed E-state index contributed by atoms with van der Waals surface area (Å²) in [4.78, 5) is 11.3. The second-order valence-electron chi connectivity index (χ2n) is 4.17. The summed E-state index contributed by atoms with van der Waals surface area (Å²) in [6.07, 6.45) is -1.24. The van der Waals surface area contributed by atoms with E-state index in [0.717, 1.165) is 5.56 Å². The number of halogens is 2. The van der Waals surface area contributed by atoms with E-state index in [1.807, 2.05) is 30.3 Å². The van der Waals surface area contributed by atoms with Crippen LogP contribution >= 0.6 is 0 Å². The fourth-order valence-electron chi connectivity index (χ4n) is 1.69. The third-order valence-electron chi connectivity index (χ3n) is 2.62. The first kappa shape index (κ1) is 11.8. The highest BCUT2D eigenvalue weighted by Crippen LogP contribution is 2.37. The Balaban J connectivity index is 1.69. The number of nitrogens with one attached hydrogen (secondary N) is 1. The zero-order chi connectivity index (χ0) is 12.3. The smallest absolute Gasteiger partial charge is 0.407 e. The number of hydrogen-bond acceptors (Lipinski definition) is 2. The number of carbonyl (C=O) groups excluding carboxylic acids is 1. The third-order valence-corrected chi connectivity index (χ3v) is 2.62. The third kappa shape index (κ3) is 3.41. The van der Waals surface area contributed by atoms with Gasteiger partial charge in [0.2, 0.25) is 0 Å². The van der Waals surface area contributed by atoms with Crippen LogP contribution in [0.3, 0.4) is 0 Å². The number of hydrogen-bond donors (Lipinski definition) is 1. The van der Waals surface area contributed by atoms with E-state index in [0.29, 0.717) is 0 Å². The minimum absolute atomic E-state index is 0.149. The summed E-state index contributed by atoms with van der Waals surface area (Å²) < 4.78 is 29.9. The lowest BCUT2D eigenvalue weighted by Crippen LogP contribution is -2.50. The molecule has 0 saturated heterocycles. The fraction of sp³-hybridized carbons (Fsp3) is 0.417. The molecule has 0 atom stereocenters. The molecule has 1 saturated carbocycles. The van der Waals surface area contributed by atoms with Crippen LogP contribution in [-0.4, -0.2) is 18.1 Å². The summed E-state index contributed by atoms with van der Waals surface area (Å²) in [6, 6.07) is 8.72. The Morgan fingerprint density at radius 3 is 2.59 bits per heavy atom. The molecule has 3 nitrogen and oxygen atoms in total. The lowest BCUT2D eigenvalue weighted by molar-refractivity contribution is -0.0912. The molecule has 1 aliphatic rings. The van der Waals surface area contributed by atoms with E-state index in [1.54, 1.807) is 0 Å². The SMILES string of the molecule is O=C(NC1CC(F)(F)C1)OCc1ccccc1. The van der Waals surface area contributed by atoms with Crippen molar-refractivity contribution in [3.05, 3.63) is 35.9 Å². The Bertz CT molecular complexity index is 387. The van der Waals surface area contributed by atoms with Crippen LogP contribution in [0.2, 0.25) is 0 Å². The number of alkyl carbamates (subject to hydrolysis) is 1. The highest BCUT2D eigenvalue weighted by Gasteiger charge is 2.46. The molecule has 0 aliphatic heterocycles. The molecule has 0 radical (unpaired) electrons. The quantitative estimate of drug-likeness (QED) is 0.883. The van der Waals surface area contributed by atoms with E-state index in [2.05, 4.69) is 5.32 Å². The van der Waals surface area contributed by atoms with E-state index in [4.69, 9.17) is 4.74 Å². The molecule has 5 heteroatoms. The van der Waals surface area contributed by atoms with Gasteiger partial charge in [0.05, 0.1) is 0 Å². The van der Waals surface area contributed by atoms with Gasteiger partial charge in [-0.3, -0.25) is 0 Å². The molecule has 1 amide bonds. The zero-order valence-corrected chi connectivity index (χ0v) is 9.16. The summed E-state index contributed by atoms with van der Waals surface area (Å²) in [6.45, 7) is 0.149. The van der Waals surface area contributed by atoms with E-state index >= 15 is 0 Å². The standard InChI is InChI=1S/C12H13F2NO2/c13-12(14)6-10(7-12)15-11(16)17-8-9-4-2-1-3-5-9/h1-5,10H,6-8H2,(H,15,16). The molecule has 0 bridgehead atoms. The van der Waals surface area contributed by atoms with Crippen LogP contribution in [0.15, 0.2) is 30.3 Å². The topological polar surface area (TPSA) is 38.3 Å². The van der Waals surface area contributed by atoms with Crippen molar-refractivity contribution in [2.45, 2.75) is 31.4 Å². The Labute approximate surface area is 97.8 Å². The normalized spacial score (nSPS) is 18.2. The summed E-state index contributed by atoms with van der Waals surface area (Å²) in [5, 5.41) is 2.40. The second-order valence-corrected chi connectivity index (χ2v) is 4.17. The number of rotatable bonds is 3. The maximum atomic E-state index is 12.5. The Kier molecular flexibility index (Phi) is 3.26. The van der Waals surface area contributed by atoms with Crippen LogP contribution in [0, 0.1) is 0 Å². The lowest BCUT2D eigenvalue weighted by atomic mass is 9.88. The van der Waals surface area contributed by atoms with Gasteiger partial charge < -0.3 is 10.1 Å². The largest absolute Gasteiger partial charge is 0.445 e. The first-order valence-electron chi connectivity index (χ1n) is 5.40. The Morgan fingerprint density at radius 2 is 2.00 bits per heavy atom. The predicted octanol–water partition coefficient (Wildman–Crippen LogP) is 2.71. The maximum absolute atomic E-state index is 12.5. The lowest BCUT2D eigenvalue weighted by Gasteiger charge is -2.34. The molecule has 0 heterocycles. The molecular formula is C12H13F2NO2. The summed E-state index contributed by atoms with van der Waals surface area (Å²) in [5.74, 6) is -2.63. The predicted molar refractivity (Wildman–Crippen MR) is 57.7 cm³/mol. The van der Waals surface area contributed by atoms with Gasteiger partial charge in [0.1, 0.15) is 6.61 Å². The average Bonchev–Trinajstić information content (AvgIpc) is 2.25. The van der Waals surface area contributed by atoms with E-state index < -0.39 is 18.1 Å². The number of alkyl halides is 2. The van der Waals surface area contributed by atoms with Crippen LogP contribution in [-0.2, 0) is 11.3 Å². The molecule has 1 aromatic carbocycles. The van der Waals surface area contributed by atoms with E-state index in [-0.39, 0.29) is 19.4 Å². The van der Waals surface area contributed by atoms with Crippen molar-refractivity contribution < 1.29 is 18.3 Å². The first-order valence-corrected chi connectivity index (χ1v) is 5.40. The molecular weight excluding hydrogens is 228 g/mol. The number of benzene rings is 1.